The van der Waals surface area contributed by atoms with E-state index in [1.165, 1.54) is 23.1 Å². The Morgan fingerprint density at radius 2 is 2.00 bits per heavy atom. The van der Waals surface area contributed by atoms with Crippen molar-refractivity contribution in [3.63, 3.8) is 0 Å². The van der Waals surface area contributed by atoms with Gasteiger partial charge in [-0.25, -0.2) is 0 Å². The van der Waals surface area contributed by atoms with Crippen LogP contribution in [-0.2, 0) is 4.79 Å². The summed E-state index contributed by atoms with van der Waals surface area (Å²) in [6.45, 7) is 1.92. The highest BCUT2D eigenvalue weighted by Crippen LogP contribution is 2.37. The molecule has 1 aromatic heterocycles. The van der Waals surface area contributed by atoms with Crippen LogP contribution >= 0.6 is 35.6 Å². The van der Waals surface area contributed by atoms with Crippen molar-refractivity contribution in [2.45, 2.75) is 6.92 Å². The lowest BCUT2D eigenvalue weighted by molar-refractivity contribution is -0.384. The Morgan fingerprint density at radius 3 is 2.73 bits per heavy atom. The van der Waals surface area contributed by atoms with Crippen LogP contribution in [0.15, 0.2) is 63.9 Å². The van der Waals surface area contributed by atoms with Gasteiger partial charge in [0.25, 0.3) is 11.6 Å². The van der Waals surface area contributed by atoms with Crippen molar-refractivity contribution in [1.82, 2.24) is 0 Å². The van der Waals surface area contributed by atoms with Crippen LogP contribution in [0.4, 0.5) is 11.4 Å². The summed E-state index contributed by atoms with van der Waals surface area (Å²) >= 11 is 12.6. The molecule has 6 nitrogen and oxygen atoms in total. The molecule has 0 N–H and O–H groups in total. The first kappa shape index (κ1) is 20.3. The first-order valence-electron chi connectivity index (χ1n) is 8.72. The Morgan fingerprint density at radius 1 is 1.20 bits per heavy atom. The largest absolute Gasteiger partial charge is 0.457 e. The van der Waals surface area contributed by atoms with E-state index in [4.69, 9.17) is 28.2 Å². The lowest BCUT2D eigenvalue weighted by Crippen LogP contribution is -2.27. The van der Waals surface area contributed by atoms with Crippen LogP contribution in [-0.4, -0.2) is 15.2 Å². The normalized spacial score (nSPS) is 15.3. The summed E-state index contributed by atoms with van der Waals surface area (Å²) in [4.78, 5) is 25.0. The van der Waals surface area contributed by atoms with Gasteiger partial charge in [-0.2, -0.15) is 0 Å². The number of carbonyl (C=O) groups excluding carboxylic acids is 1. The number of thioether (sulfide) groups is 1. The molecule has 1 aliphatic heterocycles. The summed E-state index contributed by atoms with van der Waals surface area (Å²) in [7, 11) is 0. The molecule has 1 aliphatic rings. The number of aryl methyl sites for hydroxylation is 1. The molecular formula is C21H13ClN2O4S2. The molecule has 1 saturated heterocycles. The first-order valence-corrected chi connectivity index (χ1v) is 10.3. The quantitative estimate of drug-likeness (QED) is 0.201. The van der Waals surface area contributed by atoms with Crippen LogP contribution in [0, 0.1) is 17.0 Å². The summed E-state index contributed by atoms with van der Waals surface area (Å²) < 4.78 is 6.15. The molecule has 0 saturated carbocycles. The average Bonchev–Trinajstić information content (AvgIpc) is 3.29. The number of benzene rings is 2. The van der Waals surface area contributed by atoms with Crippen LogP contribution in [0.1, 0.15) is 11.3 Å². The van der Waals surface area contributed by atoms with Crippen molar-refractivity contribution in [2.24, 2.45) is 0 Å². The number of furan rings is 1. The zero-order valence-electron chi connectivity index (χ0n) is 15.5. The number of nitrogens with zero attached hydrogens (tertiary/aromatic N) is 2. The van der Waals surface area contributed by atoms with Crippen LogP contribution in [0.25, 0.3) is 17.4 Å². The number of anilines is 1. The van der Waals surface area contributed by atoms with Crippen molar-refractivity contribution in [3.05, 3.63) is 86.0 Å². The van der Waals surface area contributed by atoms with Gasteiger partial charge in [-0.05, 0) is 36.8 Å². The Kier molecular flexibility index (Phi) is 5.46. The number of carbonyl (C=O) groups is 1. The zero-order valence-corrected chi connectivity index (χ0v) is 17.9. The van der Waals surface area contributed by atoms with Crippen molar-refractivity contribution in [1.29, 1.82) is 0 Å². The molecule has 0 atom stereocenters. The van der Waals surface area contributed by atoms with Gasteiger partial charge in [0.05, 0.1) is 15.5 Å². The van der Waals surface area contributed by atoms with Gasteiger partial charge in [0.15, 0.2) is 4.32 Å². The van der Waals surface area contributed by atoms with Crippen LogP contribution in [0.3, 0.4) is 0 Å². The molecule has 0 spiro atoms. The van der Waals surface area contributed by atoms with Crippen LogP contribution < -0.4 is 4.90 Å². The molecule has 4 rings (SSSR count). The topological polar surface area (TPSA) is 76.6 Å². The number of amides is 1. The monoisotopic (exact) mass is 456 g/mol. The minimum Gasteiger partial charge on any atom is -0.457 e. The molecule has 2 heterocycles. The van der Waals surface area contributed by atoms with Crippen molar-refractivity contribution < 1.29 is 14.1 Å². The average molecular weight is 457 g/mol. The Bertz CT molecular complexity index is 1240. The number of nitro groups is 1. The minimum absolute atomic E-state index is 0.113. The fraction of sp³-hybridized carbons (Fsp3) is 0.0476. The third-order valence-corrected chi connectivity index (χ3v) is 6.16. The molecule has 0 bridgehead atoms. The van der Waals surface area contributed by atoms with Crippen LogP contribution in [0.5, 0.6) is 0 Å². The lowest BCUT2D eigenvalue weighted by Gasteiger charge is -2.13. The van der Waals surface area contributed by atoms with Gasteiger partial charge in [-0.3, -0.25) is 19.8 Å². The number of hydrogen-bond acceptors (Lipinski definition) is 6. The molecular weight excluding hydrogens is 444 g/mol. The smallest absolute Gasteiger partial charge is 0.271 e. The predicted molar refractivity (Wildman–Crippen MR) is 123 cm³/mol. The van der Waals surface area contributed by atoms with E-state index >= 15 is 0 Å². The summed E-state index contributed by atoms with van der Waals surface area (Å²) in [6, 6.07) is 15.0. The fourth-order valence-corrected chi connectivity index (χ4v) is 4.36. The Balaban J connectivity index is 1.61. The minimum atomic E-state index is -0.515. The molecule has 150 valence electrons. The number of halogens is 1. The van der Waals surface area contributed by atoms with E-state index in [0.29, 0.717) is 31.5 Å². The maximum atomic E-state index is 12.9. The van der Waals surface area contributed by atoms with Gasteiger partial charge in [-0.15, -0.1) is 0 Å². The standard InChI is InChI=1S/C21H13ClN2O4S2/c1-12-5-6-13(9-17(12)22)18-8-7-16(28-18)11-19-20(25)23(21(29)30-19)14-3-2-4-15(10-14)24(26)27/h2-11H,1H3/b19-11+. The molecule has 3 aromatic rings. The van der Waals surface area contributed by atoms with Gasteiger partial charge in [-0.1, -0.05) is 53.8 Å². The highest BCUT2D eigenvalue weighted by atomic mass is 35.5. The van der Waals surface area contributed by atoms with Gasteiger partial charge < -0.3 is 4.42 Å². The second-order valence-electron chi connectivity index (χ2n) is 6.46. The van der Waals surface area contributed by atoms with Crippen molar-refractivity contribution >= 4 is 63.3 Å². The second-order valence-corrected chi connectivity index (χ2v) is 8.54. The summed E-state index contributed by atoms with van der Waals surface area (Å²) in [5, 5.41) is 11.7. The predicted octanol–water partition coefficient (Wildman–Crippen LogP) is 6.22. The molecule has 9 heteroatoms. The molecule has 2 aromatic carbocycles. The van der Waals surface area contributed by atoms with E-state index in [-0.39, 0.29) is 11.6 Å². The maximum Gasteiger partial charge on any atom is 0.271 e. The lowest BCUT2D eigenvalue weighted by atomic mass is 10.1. The molecule has 30 heavy (non-hydrogen) atoms. The number of nitro benzene ring substituents is 1. The fourth-order valence-electron chi connectivity index (χ4n) is 2.90. The first-order chi connectivity index (χ1) is 14.3. The third-order valence-electron chi connectivity index (χ3n) is 4.45. The van der Waals surface area contributed by atoms with Gasteiger partial charge in [0.1, 0.15) is 11.5 Å². The number of rotatable bonds is 4. The van der Waals surface area contributed by atoms with E-state index in [0.717, 1.165) is 22.9 Å². The third kappa shape index (κ3) is 3.89. The van der Waals surface area contributed by atoms with E-state index in [1.807, 2.05) is 25.1 Å². The summed E-state index contributed by atoms with van der Waals surface area (Å²) in [5.74, 6) is 0.750. The summed E-state index contributed by atoms with van der Waals surface area (Å²) in [6.07, 6.45) is 1.61. The zero-order chi connectivity index (χ0) is 21.4. The van der Waals surface area contributed by atoms with Crippen molar-refractivity contribution in [3.8, 4) is 11.3 Å². The Hall–Kier alpha value is -2.94. The van der Waals surface area contributed by atoms with E-state index in [2.05, 4.69) is 0 Å². The number of hydrogen-bond donors (Lipinski definition) is 0. The molecule has 0 aliphatic carbocycles. The molecule has 0 radical (unpaired) electrons. The number of thiocarbonyl (C=S) groups is 1. The molecule has 1 amide bonds. The van der Waals surface area contributed by atoms with Crippen LogP contribution in [0.2, 0.25) is 5.02 Å². The molecule has 0 unspecified atom stereocenters. The second kappa shape index (κ2) is 8.06. The Labute approximate surface area is 186 Å². The number of non-ortho nitro benzene ring substituents is 1. The maximum absolute atomic E-state index is 12.9. The highest BCUT2D eigenvalue weighted by Gasteiger charge is 2.34. The van der Waals surface area contributed by atoms with E-state index in [1.54, 1.807) is 24.3 Å². The van der Waals surface area contributed by atoms with Gasteiger partial charge in [0.2, 0.25) is 0 Å². The van der Waals surface area contributed by atoms with E-state index in [9.17, 15) is 14.9 Å². The van der Waals surface area contributed by atoms with Gasteiger partial charge >= 0.3 is 0 Å². The van der Waals surface area contributed by atoms with Gasteiger partial charge in [0, 0.05) is 28.8 Å². The van der Waals surface area contributed by atoms with E-state index < -0.39 is 4.92 Å². The van der Waals surface area contributed by atoms with Crippen molar-refractivity contribution in [2.75, 3.05) is 4.90 Å². The summed E-state index contributed by atoms with van der Waals surface area (Å²) in [5.41, 5.74) is 2.04. The molecule has 1 fully saturated rings. The highest BCUT2D eigenvalue weighted by molar-refractivity contribution is 8.27. The SMILES string of the molecule is Cc1ccc(-c2ccc(/C=C3/SC(=S)N(c4cccc([N+](=O)[O-])c4)C3=O)o2)cc1Cl.